The molecule has 0 aromatic carbocycles. The summed E-state index contributed by atoms with van der Waals surface area (Å²) in [5, 5.41) is 0. The Kier molecular flexibility index (Phi) is 9.37. The Balaban J connectivity index is 3.15. The van der Waals surface area contributed by atoms with Crippen LogP contribution in [-0.4, -0.2) is 42.4 Å². The van der Waals surface area contributed by atoms with Gasteiger partial charge in [-0.2, -0.15) is 0 Å². The molecule has 0 fully saturated rings. The number of nitrogens with zero attached hydrogens (tertiary/aromatic N) is 3. The Morgan fingerprint density at radius 2 is 1.41 bits per heavy atom. The third-order valence-corrected chi connectivity index (χ3v) is 19.7. The first-order valence-electron chi connectivity index (χ1n) is 9.10. The molecule has 1 aromatic rings. The summed E-state index contributed by atoms with van der Waals surface area (Å²) in [6.07, 6.45) is 10.1. The van der Waals surface area contributed by atoms with Crippen molar-refractivity contribution in [3.8, 4) is 0 Å². The molecular formula is C18H35N3Sn. The first-order chi connectivity index (χ1) is 10.6. The molecule has 0 amide bonds. The number of rotatable bonds is 11. The van der Waals surface area contributed by atoms with Gasteiger partial charge in [-0.3, -0.25) is 0 Å². The summed E-state index contributed by atoms with van der Waals surface area (Å²) in [6, 6.07) is 2.25. The zero-order chi connectivity index (χ0) is 16.4. The van der Waals surface area contributed by atoms with E-state index in [9.17, 15) is 0 Å². The van der Waals surface area contributed by atoms with Gasteiger partial charge in [-0.05, 0) is 0 Å². The van der Waals surface area contributed by atoms with Crippen LogP contribution in [0.4, 0.5) is 5.95 Å². The summed E-state index contributed by atoms with van der Waals surface area (Å²) in [4.78, 5) is 11.5. The second-order valence-corrected chi connectivity index (χ2v) is 19.8. The van der Waals surface area contributed by atoms with Gasteiger partial charge in [-0.1, -0.05) is 0 Å². The van der Waals surface area contributed by atoms with Gasteiger partial charge >= 0.3 is 142 Å². The van der Waals surface area contributed by atoms with Crippen molar-refractivity contribution >= 4 is 28.0 Å². The maximum atomic E-state index is 5.01. The van der Waals surface area contributed by atoms with E-state index in [-0.39, 0.29) is 0 Å². The van der Waals surface area contributed by atoms with E-state index in [1.807, 2.05) is 25.2 Å². The Labute approximate surface area is 141 Å². The van der Waals surface area contributed by atoms with E-state index in [0.29, 0.717) is 0 Å². The standard InChI is InChI=1S/C6H8N3.3C4H9.Sn/c1-9(2)6-7-4-3-5-8-6;3*1-3-4-2;/h3-4H,1-2H3;3*1,3-4H2,2H3;. The first kappa shape index (κ1) is 19.7. The van der Waals surface area contributed by atoms with Gasteiger partial charge in [0, 0.05) is 0 Å². The number of aromatic nitrogens is 2. The van der Waals surface area contributed by atoms with Crippen molar-refractivity contribution < 1.29 is 0 Å². The molecule has 0 bridgehead atoms. The van der Waals surface area contributed by atoms with E-state index < -0.39 is 18.4 Å². The fourth-order valence-electron chi connectivity index (χ4n) is 3.16. The van der Waals surface area contributed by atoms with Crippen LogP contribution in [0.25, 0.3) is 0 Å². The second kappa shape index (κ2) is 10.5. The number of hydrogen-bond donors (Lipinski definition) is 0. The molecule has 0 radical (unpaired) electrons. The summed E-state index contributed by atoms with van der Waals surface area (Å²) in [7, 11) is 4.08. The molecule has 4 heteroatoms. The predicted octanol–water partition coefficient (Wildman–Crippen LogP) is 4.60. The molecule has 0 spiro atoms. The van der Waals surface area contributed by atoms with Crippen molar-refractivity contribution in [3.63, 3.8) is 0 Å². The molecular weight excluding hydrogens is 377 g/mol. The summed E-state index contributed by atoms with van der Waals surface area (Å²) in [5.41, 5.74) is 0. The van der Waals surface area contributed by atoms with Crippen LogP contribution in [0.15, 0.2) is 12.3 Å². The van der Waals surface area contributed by atoms with Gasteiger partial charge in [0.15, 0.2) is 0 Å². The topological polar surface area (TPSA) is 29.0 Å². The molecule has 1 rings (SSSR count). The van der Waals surface area contributed by atoms with E-state index in [0.717, 1.165) is 5.95 Å². The van der Waals surface area contributed by atoms with E-state index in [4.69, 9.17) is 4.98 Å². The van der Waals surface area contributed by atoms with Crippen LogP contribution in [0, 0.1) is 0 Å². The molecule has 3 nitrogen and oxygen atoms in total. The fraction of sp³-hybridized carbons (Fsp3) is 0.778. The second-order valence-electron chi connectivity index (χ2n) is 6.73. The number of anilines is 1. The molecule has 1 heterocycles. The SMILES string of the molecule is CCC[CH2][Sn]([CH2]CCC)([CH2]CCC)[c]1ccnc(N(C)C)n1. The summed E-state index contributed by atoms with van der Waals surface area (Å²) < 4.78 is 5.88. The van der Waals surface area contributed by atoms with Crippen LogP contribution >= 0.6 is 0 Å². The predicted molar refractivity (Wildman–Crippen MR) is 101 cm³/mol. The van der Waals surface area contributed by atoms with Crippen molar-refractivity contribution in [2.75, 3.05) is 19.0 Å². The molecule has 1 aromatic heterocycles. The summed E-state index contributed by atoms with van der Waals surface area (Å²) >= 11 is -2.38. The fourth-order valence-corrected chi connectivity index (χ4v) is 18.5. The van der Waals surface area contributed by atoms with Crippen molar-refractivity contribution in [2.24, 2.45) is 0 Å². The minimum atomic E-state index is -2.38. The van der Waals surface area contributed by atoms with E-state index in [1.165, 1.54) is 55.5 Å². The van der Waals surface area contributed by atoms with Gasteiger partial charge in [0.05, 0.1) is 0 Å². The van der Waals surface area contributed by atoms with Crippen LogP contribution in [0.3, 0.4) is 0 Å². The number of hydrogen-bond acceptors (Lipinski definition) is 3. The van der Waals surface area contributed by atoms with Crippen LogP contribution in [0.2, 0.25) is 13.3 Å². The molecule has 0 saturated carbocycles. The molecule has 0 unspecified atom stereocenters. The minimum absolute atomic E-state index is 0.892. The average Bonchev–Trinajstić information content (AvgIpc) is 2.54. The van der Waals surface area contributed by atoms with Crippen LogP contribution in [-0.2, 0) is 0 Å². The molecule has 22 heavy (non-hydrogen) atoms. The molecule has 0 saturated heterocycles. The third kappa shape index (κ3) is 5.71. The van der Waals surface area contributed by atoms with Gasteiger partial charge in [-0.15, -0.1) is 0 Å². The number of unbranched alkanes of at least 4 members (excludes halogenated alkanes) is 3. The average molecular weight is 412 g/mol. The zero-order valence-corrected chi connectivity index (χ0v) is 18.2. The van der Waals surface area contributed by atoms with Crippen LogP contribution < -0.4 is 8.61 Å². The molecule has 0 atom stereocenters. The summed E-state index contributed by atoms with van der Waals surface area (Å²) in [6.45, 7) is 6.96. The zero-order valence-electron chi connectivity index (χ0n) is 15.4. The van der Waals surface area contributed by atoms with Crippen molar-refractivity contribution in [1.29, 1.82) is 0 Å². The van der Waals surface area contributed by atoms with E-state index in [1.54, 1.807) is 0 Å². The Morgan fingerprint density at radius 1 is 0.909 bits per heavy atom. The van der Waals surface area contributed by atoms with Gasteiger partial charge < -0.3 is 0 Å². The Morgan fingerprint density at radius 3 is 1.82 bits per heavy atom. The monoisotopic (exact) mass is 413 g/mol. The van der Waals surface area contributed by atoms with Crippen LogP contribution in [0.5, 0.6) is 0 Å². The molecule has 0 aliphatic carbocycles. The molecule has 0 N–H and O–H groups in total. The Bertz CT molecular complexity index is 399. The Hall–Kier alpha value is -0.321. The van der Waals surface area contributed by atoms with Gasteiger partial charge in [0.1, 0.15) is 0 Å². The first-order valence-corrected chi connectivity index (χ1v) is 16.6. The van der Waals surface area contributed by atoms with Gasteiger partial charge in [0.25, 0.3) is 0 Å². The normalized spacial score (nSPS) is 11.7. The molecule has 126 valence electrons. The molecule has 0 aliphatic rings. The van der Waals surface area contributed by atoms with Crippen LogP contribution in [0.1, 0.15) is 59.3 Å². The summed E-state index contributed by atoms with van der Waals surface area (Å²) in [5.74, 6) is 0.892. The quantitative estimate of drug-likeness (QED) is 0.498. The molecule has 0 aliphatic heterocycles. The third-order valence-electron chi connectivity index (χ3n) is 4.61. The van der Waals surface area contributed by atoms with E-state index >= 15 is 0 Å². The van der Waals surface area contributed by atoms with Crippen molar-refractivity contribution in [2.45, 2.75) is 72.6 Å². The van der Waals surface area contributed by atoms with Crippen molar-refractivity contribution in [1.82, 2.24) is 9.97 Å². The maximum absolute atomic E-state index is 5.01. The van der Waals surface area contributed by atoms with E-state index in [2.05, 4.69) is 31.8 Å². The van der Waals surface area contributed by atoms with Gasteiger partial charge in [-0.25, -0.2) is 0 Å². The van der Waals surface area contributed by atoms with Gasteiger partial charge in [0.2, 0.25) is 0 Å². The van der Waals surface area contributed by atoms with Crippen molar-refractivity contribution in [3.05, 3.63) is 12.3 Å².